The molecule has 0 saturated heterocycles. The van der Waals surface area contributed by atoms with Crippen LogP contribution in [0.1, 0.15) is 27.9 Å². The lowest BCUT2D eigenvalue weighted by molar-refractivity contribution is 0.0954. The summed E-state index contributed by atoms with van der Waals surface area (Å²) in [5.41, 5.74) is 4.05. The number of aromatic nitrogens is 2. The average molecular weight is 492 g/mol. The quantitative estimate of drug-likeness (QED) is 0.344. The third-order valence-electron chi connectivity index (χ3n) is 5.52. The first-order valence-corrected chi connectivity index (χ1v) is 13.1. The highest BCUT2D eigenvalue weighted by Crippen LogP contribution is 2.24. The number of nitrogens with one attached hydrogen (secondary N) is 1. The second kappa shape index (κ2) is 10.7. The maximum Gasteiger partial charge on any atom is 0.255 e. The van der Waals surface area contributed by atoms with E-state index in [1.165, 1.54) is 16.8 Å². The number of hydrogen-bond acceptors (Lipinski definition) is 4. The van der Waals surface area contributed by atoms with E-state index in [1.807, 2.05) is 49.4 Å². The summed E-state index contributed by atoms with van der Waals surface area (Å²) in [6.45, 7) is 2.18. The van der Waals surface area contributed by atoms with E-state index in [9.17, 15) is 17.6 Å². The molecule has 6 nitrogen and oxygen atoms in total. The van der Waals surface area contributed by atoms with Crippen molar-refractivity contribution in [2.45, 2.75) is 19.1 Å². The summed E-state index contributed by atoms with van der Waals surface area (Å²) in [6, 6.07) is 22.5. The molecule has 0 atom stereocenters. The lowest BCUT2D eigenvalue weighted by Gasteiger charge is -2.07. The molecule has 0 aliphatic heterocycles. The van der Waals surface area contributed by atoms with Crippen molar-refractivity contribution in [1.82, 2.24) is 15.1 Å². The summed E-state index contributed by atoms with van der Waals surface area (Å²) < 4.78 is 39.7. The van der Waals surface area contributed by atoms with Crippen LogP contribution in [-0.4, -0.2) is 36.4 Å². The van der Waals surface area contributed by atoms with Crippen LogP contribution in [0.2, 0.25) is 0 Å². The number of hydrogen-bond donors (Lipinski definition) is 1. The van der Waals surface area contributed by atoms with Gasteiger partial charge >= 0.3 is 0 Å². The van der Waals surface area contributed by atoms with Gasteiger partial charge in [-0.15, -0.1) is 0 Å². The number of amides is 1. The fraction of sp³-hybridized carbons (Fsp3) is 0.185. The molecule has 180 valence electrons. The Morgan fingerprint density at radius 2 is 1.66 bits per heavy atom. The highest BCUT2D eigenvalue weighted by atomic mass is 32.2. The molecule has 1 heterocycles. The van der Waals surface area contributed by atoms with Gasteiger partial charge in [0, 0.05) is 18.3 Å². The molecule has 0 fully saturated rings. The van der Waals surface area contributed by atoms with E-state index in [-0.39, 0.29) is 29.8 Å². The number of nitrogens with zero attached hydrogens (tertiary/aromatic N) is 2. The van der Waals surface area contributed by atoms with Gasteiger partial charge in [0.05, 0.1) is 22.8 Å². The SMILES string of the molecule is Cc1ccc(-c2nn(-c3ccc(F)cc3)cc2C(=O)NCCCS(=O)(=O)Cc2ccccc2)cc1. The van der Waals surface area contributed by atoms with Crippen LogP contribution >= 0.6 is 0 Å². The predicted molar refractivity (Wildman–Crippen MR) is 135 cm³/mol. The molecule has 3 aromatic carbocycles. The first kappa shape index (κ1) is 24.3. The van der Waals surface area contributed by atoms with Crippen LogP contribution in [0.4, 0.5) is 4.39 Å². The molecule has 0 saturated carbocycles. The normalized spacial score (nSPS) is 11.4. The fourth-order valence-corrected chi connectivity index (χ4v) is 5.11. The second-order valence-electron chi connectivity index (χ2n) is 8.37. The number of halogens is 1. The number of rotatable bonds is 9. The van der Waals surface area contributed by atoms with Crippen molar-refractivity contribution in [2.24, 2.45) is 0 Å². The van der Waals surface area contributed by atoms with Crippen molar-refractivity contribution in [3.05, 3.63) is 108 Å². The summed E-state index contributed by atoms with van der Waals surface area (Å²) in [4.78, 5) is 13.0. The van der Waals surface area contributed by atoms with Crippen LogP contribution in [0, 0.1) is 12.7 Å². The Kier molecular flexibility index (Phi) is 7.41. The van der Waals surface area contributed by atoms with E-state index >= 15 is 0 Å². The number of carbonyl (C=O) groups is 1. The van der Waals surface area contributed by atoms with E-state index in [1.54, 1.807) is 30.5 Å². The molecule has 0 unspecified atom stereocenters. The maximum absolute atomic E-state index is 13.4. The molecule has 1 N–H and O–H groups in total. The van der Waals surface area contributed by atoms with Gasteiger partial charge in [-0.2, -0.15) is 5.10 Å². The van der Waals surface area contributed by atoms with Gasteiger partial charge in [-0.25, -0.2) is 17.5 Å². The molecule has 0 aliphatic rings. The van der Waals surface area contributed by atoms with Crippen molar-refractivity contribution >= 4 is 15.7 Å². The Morgan fingerprint density at radius 3 is 2.34 bits per heavy atom. The standard InChI is InChI=1S/C27H26FN3O3S/c1-20-8-10-22(11-9-20)26-25(18-31(30-26)24-14-12-23(28)13-15-24)27(32)29-16-5-17-35(33,34)19-21-6-3-2-4-7-21/h2-4,6-15,18H,5,16-17,19H2,1H3,(H,29,32). The molecule has 35 heavy (non-hydrogen) atoms. The Bertz CT molecular complexity index is 1400. The van der Waals surface area contributed by atoms with Gasteiger partial charge in [0.2, 0.25) is 0 Å². The number of aryl methyl sites for hydroxylation is 1. The molecule has 0 spiro atoms. The van der Waals surface area contributed by atoms with E-state index in [2.05, 4.69) is 10.4 Å². The van der Waals surface area contributed by atoms with E-state index in [0.717, 1.165) is 16.7 Å². The highest BCUT2D eigenvalue weighted by Gasteiger charge is 2.19. The van der Waals surface area contributed by atoms with Gasteiger partial charge in [-0.05, 0) is 43.2 Å². The number of sulfone groups is 1. The summed E-state index contributed by atoms with van der Waals surface area (Å²) in [5.74, 6) is -0.764. The molecular formula is C27H26FN3O3S. The molecular weight excluding hydrogens is 465 g/mol. The molecule has 0 radical (unpaired) electrons. The van der Waals surface area contributed by atoms with Crippen LogP contribution in [0.15, 0.2) is 85.1 Å². The van der Waals surface area contributed by atoms with Crippen molar-refractivity contribution in [3.8, 4) is 16.9 Å². The van der Waals surface area contributed by atoms with Gasteiger partial charge < -0.3 is 5.32 Å². The minimum absolute atomic E-state index is 0.0240. The summed E-state index contributed by atoms with van der Waals surface area (Å²) in [6.07, 6.45) is 1.90. The molecule has 1 amide bonds. The first-order valence-electron chi connectivity index (χ1n) is 11.3. The third-order valence-corrected chi connectivity index (χ3v) is 7.21. The van der Waals surface area contributed by atoms with Crippen LogP contribution in [-0.2, 0) is 15.6 Å². The van der Waals surface area contributed by atoms with Gasteiger partial charge in [-0.3, -0.25) is 4.79 Å². The minimum atomic E-state index is -3.29. The van der Waals surface area contributed by atoms with Crippen molar-refractivity contribution in [1.29, 1.82) is 0 Å². The van der Waals surface area contributed by atoms with E-state index in [0.29, 0.717) is 23.4 Å². The smallest absolute Gasteiger partial charge is 0.255 e. The molecule has 8 heteroatoms. The van der Waals surface area contributed by atoms with Crippen molar-refractivity contribution in [2.75, 3.05) is 12.3 Å². The van der Waals surface area contributed by atoms with Gasteiger partial charge in [0.15, 0.2) is 9.84 Å². The summed E-state index contributed by atoms with van der Waals surface area (Å²) >= 11 is 0. The molecule has 0 aliphatic carbocycles. The largest absolute Gasteiger partial charge is 0.352 e. The summed E-state index contributed by atoms with van der Waals surface area (Å²) in [7, 11) is -3.29. The maximum atomic E-state index is 13.4. The van der Waals surface area contributed by atoms with E-state index < -0.39 is 9.84 Å². The molecule has 1 aromatic heterocycles. The van der Waals surface area contributed by atoms with Crippen LogP contribution in [0.3, 0.4) is 0 Å². The lowest BCUT2D eigenvalue weighted by Crippen LogP contribution is -2.26. The lowest BCUT2D eigenvalue weighted by atomic mass is 10.1. The van der Waals surface area contributed by atoms with Crippen LogP contribution in [0.25, 0.3) is 16.9 Å². The Hall–Kier alpha value is -3.78. The minimum Gasteiger partial charge on any atom is -0.352 e. The zero-order valence-corrected chi connectivity index (χ0v) is 20.1. The van der Waals surface area contributed by atoms with Crippen LogP contribution < -0.4 is 5.32 Å². The second-order valence-corrected chi connectivity index (χ2v) is 10.5. The van der Waals surface area contributed by atoms with Crippen molar-refractivity contribution in [3.63, 3.8) is 0 Å². The monoisotopic (exact) mass is 491 g/mol. The Morgan fingerprint density at radius 1 is 0.971 bits per heavy atom. The first-order chi connectivity index (χ1) is 16.8. The average Bonchev–Trinajstić information content (AvgIpc) is 3.28. The topological polar surface area (TPSA) is 81.1 Å². The number of benzene rings is 3. The van der Waals surface area contributed by atoms with Gasteiger partial charge in [0.25, 0.3) is 5.91 Å². The fourth-order valence-electron chi connectivity index (χ4n) is 3.68. The molecule has 4 aromatic rings. The zero-order chi connectivity index (χ0) is 24.8. The Labute approximate surface area is 204 Å². The zero-order valence-electron chi connectivity index (χ0n) is 19.3. The van der Waals surface area contributed by atoms with Gasteiger partial charge in [-0.1, -0.05) is 60.2 Å². The molecule has 4 rings (SSSR count). The van der Waals surface area contributed by atoms with Crippen molar-refractivity contribution < 1.29 is 17.6 Å². The third kappa shape index (κ3) is 6.42. The van der Waals surface area contributed by atoms with Crippen LogP contribution in [0.5, 0.6) is 0 Å². The van der Waals surface area contributed by atoms with E-state index in [4.69, 9.17) is 0 Å². The molecule has 0 bridgehead atoms. The van der Waals surface area contributed by atoms with Gasteiger partial charge in [0.1, 0.15) is 11.5 Å². The summed E-state index contributed by atoms with van der Waals surface area (Å²) in [5, 5.41) is 7.40. The Balaban J connectivity index is 1.47. The predicted octanol–water partition coefficient (Wildman–Crippen LogP) is 4.72. The highest BCUT2D eigenvalue weighted by molar-refractivity contribution is 7.90. The number of carbonyl (C=O) groups excluding carboxylic acids is 1.